The van der Waals surface area contributed by atoms with Crippen molar-refractivity contribution in [2.45, 2.75) is 6.92 Å². The van der Waals surface area contributed by atoms with Gasteiger partial charge in [-0.3, -0.25) is 0 Å². The molecule has 0 amide bonds. The number of nitrogen functional groups attached to an aromatic ring is 1. The maximum Gasteiger partial charge on any atom is 0.379 e. The number of hydrogen-bond donors (Lipinski definition) is 1. The summed E-state index contributed by atoms with van der Waals surface area (Å²) in [6.07, 6.45) is 1.45. The average molecular weight is 217 g/mol. The van der Waals surface area contributed by atoms with Gasteiger partial charge in [-0.05, 0) is 37.3 Å². The summed E-state index contributed by atoms with van der Waals surface area (Å²) in [5, 5.41) is 0. The second-order valence-corrected chi connectivity index (χ2v) is 3.39. The molecule has 0 fully saturated rings. The van der Waals surface area contributed by atoms with Crippen LogP contribution >= 0.6 is 0 Å². The molecule has 0 saturated carbocycles. The van der Waals surface area contributed by atoms with Crippen molar-refractivity contribution in [3.05, 3.63) is 47.9 Å². The second-order valence-electron chi connectivity index (χ2n) is 3.39. The van der Waals surface area contributed by atoms with Crippen LogP contribution in [0.2, 0.25) is 0 Å². The number of furan rings is 1. The Morgan fingerprint density at radius 2 is 1.94 bits per heavy atom. The Morgan fingerprint density at radius 3 is 2.50 bits per heavy atom. The summed E-state index contributed by atoms with van der Waals surface area (Å²) in [4.78, 5) is 11.6. The number of carbonyl (C=O) groups excluding carboxylic acids is 1. The van der Waals surface area contributed by atoms with E-state index in [2.05, 4.69) is 0 Å². The van der Waals surface area contributed by atoms with Crippen molar-refractivity contribution in [3.8, 4) is 5.75 Å². The number of hydrogen-bond acceptors (Lipinski definition) is 4. The average Bonchev–Trinajstić information content (AvgIpc) is 2.68. The van der Waals surface area contributed by atoms with Crippen LogP contribution < -0.4 is 10.5 Å². The molecule has 2 N–H and O–H groups in total. The smallest absolute Gasteiger partial charge is 0.379 e. The molecule has 0 spiro atoms. The minimum absolute atomic E-state index is 0.219. The highest BCUT2D eigenvalue weighted by molar-refractivity contribution is 5.89. The summed E-state index contributed by atoms with van der Waals surface area (Å²) in [6, 6.07) is 8.30. The van der Waals surface area contributed by atoms with Crippen LogP contribution in [-0.4, -0.2) is 5.97 Å². The zero-order chi connectivity index (χ0) is 11.5. The van der Waals surface area contributed by atoms with Crippen LogP contribution in [0.15, 0.2) is 41.0 Å². The van der Waals surface area contributed by atoms with Crippen LogP contribution in [0, 0.1) is 6.92 Å². The molecule has 0 saturated heterocycles. The maximum absolute atomic E-state index is 11.6. The zero-order valence-electron chi connectivity index (χ0n) is 8.77. The third-order valence-electron chi connectivity index (χ3n) is 2.14. The van der Waals surface area contributed by atoms with Crippen LogP contribution in [0.25, 0.3) is 0 Å². The molecule has 0 aliphatic carbocycles. The van der Waals surface area contributed by atoms with Crippen molar-refractivity contribution >= 4 is 11.7 Å². The van der Waals surface area contributed by atoms with E-state index in [-0.39, 0.29) is 5.76 Å². The lowest BCUT2D eigenvalue weighted by Crippen LogP contribution is -2.08. The molecule has 4 nitrogen and oxygen atoms in total. The summed E-state index contributed by atoms with van der Waals surface area (Å²) < 4.78 is 10.1. The van der Waals surface area contributed by atoms with Crippen LogP contribution in [-0.2, 0) is 0 Å². The summed E-state index contributed by atoms with van der Waals surface area (Å²) in [7, 11) is 0. The van der Waals surface area contributed by atoms with Crippen molar-refractivity contribution in [2.75, 3.05) is 5.73 Å². The molecule has 2 aromatic rings. The number of benzene rings is 1. The molecule has 0 aliphatic heterocycles. The number of anilines is 1. The quantitative estimate of drug-likeness (QED) is 0.476. The number of ether oxygens (including phenoxy) is 1. The van der Waals surface area contributed by atoms with Gasteiger partial charge in [-0.15, -0.1) is 0 Å². The molecular formula is C12H11NO3. The molecule has 0 bridgehead atoms. The largest absolute Gasteiger partial charge is 0.457 e. The van der Waals surface area contributed by atoms with Crippen LogP contribution in [0.1, 0.15) is 16.1 Å². The van der Waals surface area contributed by atoms with E-state index in [1.165, 1.54) is 6.26 Å². The van der Waals surface area contributed by atoms with Gasteiger partial charge in [0.25, 0.3) is 0 Å². The van der Waals surface area contributed by atoms with Crippen molar-refractivity contribution in [1.29, 1.82) is 0 Å². The van der Waals surface area contributed by atoms with Crippen LogP contribution in [0.5, 0.6) is 5.75 Å². The standard InChI is InChI=1S/C12H11NO3/c1-8-6-7-15-11(8)12(14)16-10-4-2-9(13)3-5-10/h2-7H,13H2,1H3. The Hall–Kier alpha value is -2.23. The molecular weight excluding hydrogens is 206 g/mol. The van der Waals surface area contributed by atoms with E-state index in [1.807, 2.05) is 0 Å². The minimum Gasteiger partial charge on any atom is -0.457 e. The van der Waals surface area contributed by atoms with E-state index in [0.717, 1.165) is 5.56 Å². The number of esters is 1. The lowest BCUT2D eigenvalue weighted by atomic mass is 10.3. The fourth-order valence-corrected chi connectivity index (χ4v) is 1.27. The van der Waals surface area contributed by atoms with Crippen molar-refractivity contribution in [1.82, 2.24) is 0 Å². The number of rotatable bonds is 2. The molecule has 0 unspecified atom stereocenters. The fourth-order valence-electron chi connectivity index (χ4n) is 1.27. The molecule has 0 aliphatic rings. The molecule has 1 aromatic carbocycles. The first-order valence-electron chi connectivity index (χ1n) is 4.78. The van der Waals surface area contributed by atoms with Crippen molar-refractivity contribution < 1.29 is 13.9 Å². The zero-order valence-corrected chi connectivity index (χ0v) is 8.77. The number of aryl methyl sites for hydroxylation is 1. The summed E-state index contributed by atoms with van der Waals surface area (Å²) in [6.45, 7) is 1.78. The minimum atomic E-state index is -0.507. The summed E-state index contributed by atoms with van der Waals surface area (Å²) in [5.41, 5.74) is 6.89. The predicted molar refractivity (Wildman–Crippen MR) is 59.3 cm³/mol. The van der Waals surface area contributed by atoms with Crippen LogP contribution in [0.4, 0.5) is 5.69 Å². The van der Waals surface area contributed by atoms with Gasteiger partial charge in [-0.2, -0.15) is 0 Å². The van der Waals surface area contributed by atoms with Gasteiger partial charge in [-0.25, -0.2) is 4.79 Å². The van der Waals surface area contributed by atoms with Gasteiger partial charge in [0, 0.05) is 11.3 Å². The van der Waals surface area contributed by atoms with Gasteiger partial charge in [0.1, 0.15) is 5.75 Å². The third-order valence-corrected chi connectivity index (χ3v) is 2.14. The lowest BCUT2D eigenvalue weighted by Gasteiger charge is -2.02. The molecule has 16 heavy (non-hydrogen) atoms. The molecule has 0 radical (unpaired) electrons. The Morgan fingerprint density at radius 1 is 1.25 bits per heavy atom. The highest BCUT2D eigenvalue weighted by atomic mass is 16.5. The normalized spacial score (nSPS) is 10.1. The highest BCUT2D eigenvalue weighted by Crippen LogP contribution is 2.16. The van der Waals surface area contributed by atoms with Gasteiger partial charge in [0.15, 0.2) is 0 Å². The van der Waals surface area contributed by atoms with Gasteiger partial charge >= 0.3 is 5.97 Å². The number of carbonyl (C=O) groups is 1. The van der Waals surface area contributed by atoms with E-state index in [9.17, 15) is 4.79 Å². The predicted octanol–water partition coefficient (Wildman–Crippen LogP) is 2.39. The third kappa shape index (κ3) is 2.06. The summed E-state index contributed by atoms with van der Waals surface area (Å²) >= 11 is 0. The first-order valence-corrected chi connectivity index (χ1v) is 4.78. The van der Waals surface area contributed by atoms with E-state index in [4.69, 9.17) is 14.9 Å². The lowest BCUT2D eigenvalue weighted by molar-refractivity contribution is 0.0700. The van der Waals surface area contributed by atoms with Crippen LogP contribution in [0.3, 0.4) is 0 Å². The van der Waals surface area contributed by atoms with Gasteiger partial charge in [0.2, 0.25) is 5.76 Å². The van der Waals surface area contributed by atoms with Gasteiger partial charge in [-0.1, -0.05) is 0 Å². The first-order chi connectivity index (χ1) is 7.66. The van der Waals surface area contributed by atoms with Crippen molar-refractivity contribution in [2.24, 2.45) is 0 Å². The Labute approximate surface area is 92.6 Å². The van der Waals surface area contributed by atoms with E-state index >= 15 is 0 Å². The molecule has 1 aromatic heterocycles. The Bertz CT molecular complexity index is 499. The topological polar surface area (TPSA) is 65.5 Å². The second kappa shape index (κ2) is 4.10. The Kier molecular flexibility index (Phi) is 2.64. The van der Waals surface area contributed by atoms with Gasteiger partial charge < -0.3 is 14.9 Å². The summed E-state index contributed by atoms with van der Waals surface area (Å²) in [5.74, 6) is 0.152. The number of nitrogens with two attached hydrogens (primary N) is 1. The van der Waals surface area contributed by atoms with Gasteiger partial charge in [0.05, 0.1) is 6.26 Å². The molecule has 0 atom stereocenters. The van der Waals surface area contributed by atoms with Crippen molar-refractivity contribution in [3.63, 3.8) is 0 Å². The monoisotopic (exact) mass is 217 g/mol. The molecule has 1 heterocycles. The first kappa shape index (κ1) is 10.3. The molecule has 2 rings (SSSR count). The maximum atomic E-state index is 11.6. The SMILES string of the molecule is Cc1ccoc1C(=O)Oc1ccc(N)cc1. The van der Waals surface area contributed by atoms with E-state index in [1.54, 1.807) is 37.3 Å². The van der Waals surface area contributed by atoms with E-state index in [0.29, 0.717) is 11.4 Å². The fraction of sp³-hybridized carbons (Fsp3) is 0.0833. The molecule has 82 valence electrons. The Balaban J connectivity index is 2.14. The molecule has 4 heteroatoms. The highest BCUT2D eigenvalue weighted by Gasteiger charge is 2.14. The van der Waals surface area contributed by atoms with E-state index < -0.39 is 5.97 Å².